The normalized spacial score (nSPS) is 11.5. The second kappa shape index (κ2) is 9.07. The second-order valence-corrected chi connectivity index (χ2v) is 9.91. The van der Waals surface area contributed by atoms with E-state index in [9.17, 15) is 0 Å². The molecule has 0 unspecified atom stereocenters. The molecule has 4 nitrogen and oxygen atoms in total. The van der Waals surface area contributed by atoms with Crippen molar-refractivity contribution in [1.82, 2.24) is 19.9 Å². The molecule has 0 bridgehead atoms. The Balaban J connectivity index is 1.44. The summed E-state index contributed by atoms with van der Waals surface area (Å²) < 4.78 is 0. The summed E-state index contributed by atoms with van der Waals surface area (Å²) in [5, 5.41) is 4.28. The number of fused-ring (bicyclic) bond motifs is 6. The standard InChI is InChI=1S/C36H22N4/c1-2-7-23(8-3-1)28-11-4-12-29(30-19-17-26-15-13-24-9-5-21-37-33(24)35(26)39-30)32(28)31-20-18-27-16-14-25-10-6-22-38-34(25)36(27)40-31/h1-22H. The van der Waals surface area contributed by atoms with E-state index in [0.29, 0.717) is 0 Å². The molecule has 4 aromatic heterocycles. The molecule has 0 fully saturated rings. The predicted octanol–water partition coefficient (Wildman–Crippen LogP) is 8.88. The van der Waals surface area contributed by atoms with Gasteiger partial charge in [-0.2, -0.15) is 0 Å². The van der Waals surface area contributed by atoms with Gasteiger partial charge in [0.1, 0.15) is 0 Å². The largest absolute Gasteiger partial charge is 0.254 e. The van der Waals surface area contributed by atoms with Gasteiger partial charge in [0.05, 0.1) is 33.5 Å². The van der Waals surface area contributed by atoms with E-state index in [-0.39, 0.29) is 0 Å². The lowest BCUT2D eigenvalue weighted by molar-refractivity contribution is 1.35. The van der Waals surface area contributed by atoms with Crippen LogP contribution in [0.4, 0.5) is 0 Å². The summed E-state index contributed by atoms with van der Waals surface area (Å²) in [7, 11) is 0. The summed E-state index contributed by atoms with van der Waals surface area (Å²) in [4.78, 5) is 19.8. The van der Waals surface area contributed by atoms with E-state index in [4.69, 9.17) is 9.97 Å². The first-order valence-corrected chi connectivity index (χ1v) is 13.3. The van der Waals surface area contributed by atoms with Gasteiger partial charge in [0.25, 0.3) is 0 Å². The van der Waals surface area contributed by atoms with Crippen molar-refractivity contribution in [3.05, 3.63) is 134 Å². The molecule has 40 heavy (non-hydrogen) atoms. The van der Waals surface area contributed by atoms with E-state index in [2.05, 4.69) is 113 Å². The third-order valence-corrected chi connectivity index (χ3v) is 7.55. The summed E-state index contributed by atoms with van der Waals surface area (Å²) in [6.45, 7) is 0. The highest BCUT2D eigenvalue weighted by atomic mass is 14.8. The van der Waals surface area contributed by atoms with Gasteiger partial charge in [-0.25, -0.2) is 9.97 Å². The van der Waals surface area contributed by atoms with Crippen LogP contribution in [-0.4, -0.2) is 19.9 Å². The number of hydrogen-bond donors (Lipinski definition) is 0. The van der Waals surface area contributed by atoms with Gasteiger partial charge >= 0.3 is 0 Å². The van der Waals surface area contributed by atoms with Crippen molar-refractivity contribution in [3.63, 3.8) is 0 Å². The third kappa shape index (κ3) is 3.62. The fourth-order valence-corrected chi connectivity index (χ4v) is 5.64. The van der Waals surface area contributed by atoms with E-state index in [1.807, 2.05) is 30.6 Å². The predicted molar refractivity (Wildman–Crippen MR) is 164 cm³/mol. The smallest absolute Gasteiger partial charge is 0.0972 e. The fourth-order valence-electron chi connectivity index (χ4n) is 5.64. The number of rotatable bonds is 3. The summed E-state index contributed by atoms with van der Waals surface area (Å²) >= 11 is 0. The van der Waals surface area contributed by atoms with E-state index >= 15 is 0 Å². The van der Waals surface area contributed by atoms with Crippen molar-refractivity contribution in [3.8, 4) is 33.6 Å². The number of benzene rings is 4. The molecule has 0 saturated carbocycles. The Morgan fingerprint density at radius 1 is 0.350 bits per heavy atom. The first kappa shape index (κ1) is 22.5. The van der Waals surface area contributed by atoms with Crippen LogP contribution in [0.25, 0.3) is 77.3 Å². The maximum atomic E-state index is 5.26. The number of aromatic nitrogens is 4. The minimum Gasteiger partial charge on any atom is -0.254 e. The van der Waals surface area contributed by atoms with Crippen molar-refractivity contribution in [1.29, 1.82) is 0 Å². The number of nitrogens with zero attached hydrogens (tertiary/aromatic N) is 4. The summed E-state index contributed by atoms with van der Waals surface area (Å²) in [5.74, 6) is 0. The minimum atomic E-state index is 0.886. The molecule has 4 heterocycles. The van der Waals surface area contributed by atoms with Crippen LogP contribution in [0.3, 0.4) is 0 Å². The van der Waals surface area contributed by atoms with Crippen LogP contribution in [0, 0.1) is 0 Å². The molecule has 4 heteroatoms. The molecular formula is C36H22N4. The first-order chi connectivity index (χ1) is 19.8. The van der Waals surface area contributed by atoms with E-state index < -0.39 is 0 Å². The van der Waals surface area contributed by atoms with Crippen LogP contribution in [0.2, 0.25) is 0 Å². The van der Waals surface area contributed by atoms with Gasteiger partial charge in [-0.3, -0.25) is 9.97 Å². The number of hydrogen-bond acceptors (Lipinski definition) is 4. The SMILES string of the molecule is c1ccc(-c2cccc(-c3ccc4ccc5cccnc5c4n3)c2-c2ccc3ccc4cccnc4c3n2)cc1. The topological polar surface area (TPSA) is 51.6 Å². The second-order valence-electron chi connectivity index (χ2n) is 9.91. The van der Waals surface area contributed by atoms with Gasteiger partial charge in [0.15, 0.2) is 0 Å². The highest BCUT2D eigenvalue weighted by molar-refractivity contribution is 6.06. The van der Waals surface area contributed by atoms with Crippen LogP contribution in [-0.2, 0) is 0 Å². The molecular weight excluding hydrogens is 488 g/mol. The summed E-state index contributed by atoms with van der Waals surface area (Å²) in [5.41, 5.74) is 9.68. The molecule has 8 aromatic rings. The molecule has 0 aliphatic heterocycles. The lowest BCUT2D eigenvalue weighted by Crippen LogP contribution is -1.96. The maximum Gasteiger partial charge on any atom is 0.0972 e. The van der Waals surface area contributed by atoms with Gasteiger partial charge in [-0.05, 0) is 35.4 Å². The van der Waals surface area contributed by atoms with Crippen LogP contribution in [0.15, 0.2) is 134 Å². The summed E-state index contributed by atoms with van der Waals surface area (Å²) in [6.07, 6.45) is 3.66. The Morgan fingerprint density at radius 2 is 0.875 bits per heavy atom. The van der Waals surface area contributed by atoms with Crippen LogP contribution < -0.4 is 0 Å². The molecule has 0 aliphatic carbocycles. The average molecular weight is 511 g/mol. The lowest BCUT2D eigenvalue weighted by atomic mass is 9.91. The fraction of sp³-hybridized carbons (Fsp3) is 0. The average Bonchev–Trinajstić information content (AvgIpc) is 3.04. The molecule has 0 spiro atoms. The highest BCUT2D eigenvalue weighted by Crippen LogP contribution is 2.40. The van der Waals surface area contributed by atoms with Gasteiger partial charge in [0, 0.05) is 45.1 Å². The van der Waals surface area contributed by atoms with Crippen molar-refractivity contribution in [2.24, 2.45) is 0 Å². The number of pyridine rings is 4. The van der Waals surface area contributed by atoms with Crippen LogP contribution >= 0.6 is 0 Å². The van der Waals surface area contributed by atoms with Gasteiger partial charge in [-0.1, -0.05) is 97.1 Å². The van der Waals surface area contributed by atoms with E-state index in [1.54, 1.807) is 0 Å². The van der Waals surface area contributed by atoms with Gasteiger partial charge in [-0.15, -0.1) is 0 Å². The Hall–Kier alpha value is -5.48. The maximum absolute atomic E-state index is 5.26. The first-order valence-electron chi connectivity index (χ1n) is 13.3. The third-order valence-electron chi connectivity index (χ3n) is 7.55. The van der Waals surface area contributed by atoms with Gasteiger partial charge < -0.3 is 0 Å². The molecule has 0 amide bonds. The Morgan fingerprint density at radius 3 is 1.52 bits per heavy atom. The summed E-state index contributed by atoms with van der Waals surface area (Å²) in [6, 6.07) is 41.9. The van der Waals surface area contributed by atoms with Crippen molar-refractivity contribution in [2.45, 2.75) is 0 Å². The molecule has 186 valence electrons. The quantitative estimate of drug-likeness (QED) is 0.223. The molecule has 0 aliphatic rings. The van der Waals surface area contributed by atoms with Crippen molar-refractivity contribution >= 4 is 43.6 Å². The van der Waals surface area contributed by atoms with Gasteiger partial charge in [0.2, 0.25) is 0 Å². The van der Waals surface area contributed by atoms with Crippen molar-refractivity contribution < 1.29 is 0 Å². The molecule has 8 rings (SSSR count). The minimum absolute atomic E-state index is 0.886. The molecule has 0 N–H and O–H groups in total. The zero-order valence-electron chi connectivity index (χ0n) is 21.5. The van der Waals surface area contributed by atoms with E-state index in [0.717, 1.165) is 77.3 Å². The van der Waals surface area contributed by atoms with E-state index in [1.165, 1.54) is 0 Å². The molecule has 0 saturated heterocycles. The van der Waals surface area contributed by atoms with Crippen LogP contribution in [0.5, 0.6) is 0 Å². The lowest BCUT2D eigenvalue weighted by Gasteiger charge is -2.16. The molecule has 0 radical (unpaired) electrons. The molecule has 4 aromatic carbocycles. The zero-order chi connectivity index (χ0) is 26.5. The Labute approximate surface area is 230 Å². The Bertz CT molecular complexity index is 2220. The zero-order valence-corrected chi connectivity index (χ0v) is 21.5. The highest BCUT2D eigenvalue weighted by Gasteiger charge is 2.18. The Kier molecular flexibility index (Phi) is 5.10. The van der Waals surface area contributed by atoms with Crippen LogP contribution in [0.1, 0.15) is 0 Å². The van der Waals surface area contributed by atoms with Crippen molar-refractivity contribution in [2.75, 3.05) is 0 Å². The molecule has 0 atom stereocenters. The monoisotopic (exact) mass is 510 g/mol.